The highest BCUT2D eigenvalue weighted by Crippen LogP contribution is 2.21. The molecule has 1 aromatic carbocycles. The molecule has 0 saturated heterocycles. The first-order valence-electron chi connectivity index (χ1n) is 10.2. The summed E-state index contributed by atoms with van der Waals surface area (Å²) in [4.78, 5) is 29.8. The van der Waals surface area contributed by atoms with Crippen LogP contribution >= 0.6 is 0 Å². The number of carbonyl (C=O) groups excluding carboxylic acids is 1. The van der Waals surface area contributed by atoms with Crippen LogP contribution in [0.25, 0.3) is 10.8 Å². The Morgan fingerprint density at radius 1 is 1.10 bits per heavy atom. The first-order chi connectivity index (χ1) is 14.3. The fraction of sp³-hybridized carbons (Fsp3) is 0.391. The van der Waals surface area contributed by atoms with Crippen LogP contribution in [0.5, 0.6) is 0 Å². The normalized spacial score (nSPS) is 11.4. The fourth-order valence-electron chi connectivity index (χ4n) is 3.33. The number of benzene rings is 1. The smallest absolute Gasteiger partial charge is 0.322 e. The lowest BCUT2D eigenvalue weighted by Gasteiger charge is -2.24. The van der Waals surface area contributed by atoms with Crippen molar-refractivity contribution in [1.29, 1.82) is 0 Å². The predicted molar refractivity (Wildman–Crippen MR) is 120 cm³/mol. The number of carbonyl (C=O) groups is 1. The van der Waals surface area contributed by atoms with Gasteiger partial charge < -0.3 is 24.1 Å². The minimum Gasteiger partial charge on any atom is -0.467 e. The summed E-state index contributed by atoms with van der Waals surface area (Å²) in [6.45, 7) is 6.35. The maximum absolute atomic E-state index is 13.2. The molecule has 0 fully saturated rings. The largest absolute Gasteiger partial charge is 0.467 e. The Balaban J connectivity index is 1.92. The number of anilines is 1. The fourth-order valence-corrected chi connectivity index (χ4v) is 3.33. The lowest BCUT2D eigenvalue weighted by atomic mass is 10.1. The summed E-state index contributed by atoms with van der Waals surface area (Å²) in [5.74, 6) is 1.03. The van der Waals surface area contributed by atoms with Crippen molar-refractivity contribution in [2.75, 3.05) is 32.5 Å². The van der Waals surface area contributed by atoms with Crippen molar-refractivity contribution >= 4 is 22.5 Å². The summed E-state index contributed by atoms with van der Waals surface area (Å²) in [6.07, 6.45) is 3.35. The zero-order valence-electron chi connectivity index (χ0n) is 18.1. The van der Waals surface area contributed by atoms with E-state index in [1.54, 1.807) is 28.0 Å². The number of aromatic nitrogens is 1. The second kappa shape index (κ2) is 9.63. The molecule has 0 aliphatic rings. The molecule has 30 heavy (non-hydrogen) atoms. The highest BCUT2D eigenvalue weighted by Gasteiger charge is 2.18. The second-order valence-corrected chi connectivity index (χ2v) is 8.17. The summed E-state index contributed by atoms with van der Waals surface area (Å²) < 4.78 is 7.12. The molecule has 7 heteroatoms. The van der Waals surface area contributed by atoms with E-state index in [9.17, 15) is 9.59 Å². The minimum absolute atomic E-state index is 0.0441. The molecule has 7 nitrogen and oxygen atoms in total. The van der Waals surface area contributed by atoms with Gasteiger partial charge in [-0.1, -0.05) is 32.0 Å². The van der Waals surface area contributed by atoms with Crippen LogP contribution in [-0.2, 0) is 13.1 Å². The molecule has 0 spiro atoms. The van der Waals surface area contributed by atoms with Crippen molar-refractivity contribution in [2.24, 2.45) is 5.92 Å². The van der Waals surface area contributed by atoms with Crippen LogP contribution in [0.15, 0.2) is 58.1 Å². The van der Waals surface area contributed by atoms with Crippen LogP contribution in [0.4, 0.5) is 10.5 Å². The lowest BCUT2D eigenvalue weighted by molar-refractivity contribution is 0.197. The van der Waals surface area contributed by atoms with E-state index in [2.05, 4.69) is 19.2 Å². The Bertz CT molecular complexity index is 1040. The highest BCUT2D eigenvalue weighted by molar-refractivity contribution is 6.00. The zero-order chi connectivity index (χ0) is 21.7. The molecule has 0 saturated carbocycles. The number of likely N-dealkylation sites (N-methyl/N-ethyl adjacent to an activating group) is 1. The number of nitrogens with one attached hydrogen (secondary N) is 1. The number of amides is 2. The summed E-state index contributed by atoms with van der Waals surface area (Å²) in [6, 6.07) is 10.8. The van der Waals surface area contributed by atoms with E-state index in [-0.39, 0.29) is 11.6 Å². The summed E-state index contributed by atoms with van der Waals surface area (Å²) in [7, 11) is 3.94. The van der Waals surface area contributed by atoms with E-state index in [1.807, 2.05) is 49.3 Å². The number of hydrogen-bond donors (Lipinski definition) is 1. The van der Waals surface area contributed by atoms with Gasteiger partial charge in [0.15, 0.2) is 0 Å². The number of urea groups is 1. The molecule has 2 aromatic heterocycles. The third-order valence-corrected chi connectivity index (χ3v) is 4.83. The Kier molecular flexibility index (Phi) is 6.95. The number of rotatable bonds is 8. The minimum atomic E-state index is -0.229. The number of pyridine rings is 1. The molecule has 2 amide bonds. The quantitative estimate of drug-likeness (QED) is 0.612. The van der Waals surface area contributed by atoms with Crippen LogP contribution in [0, 0.1) is 5.92 Å². The molecule has 3 rings (SSSR count). The first-order valence-corrected chi connectivity index (χ1v) is 10.2. The Morgan fingerprint density at radius 3 is 2.47 bits per heavy atom. The number of hydrogen-bond acceptors (Lipinski definition) is 4. The molecule has 2 heterocycles. The number of furan rings is 1. The molecule has 1 N–H and O–H groups in total. The SMILES string of the molecule is CC(C)Cn1cc(NC(=O)N(CCN(C)C)Cc2ccco2)c2ccccc2c1=O. The van der Waals surface area contributed by atoms with E-state index in [0.29, 0.717) is 36.6 Å². The molecule has 0 atom stereocenters. The first kappa shape index (κ1) is 21.6. The van der Waals surface area contributed by atoms with Crippen LogP contribution in [0.3, 0.4) is 0 Å². The third-order valence-electron chi connectivity index (χ3n) is 4.83. The van der Waals surface area contributed by atoms with E-state index in [4.69, 9.17) is 4.42 Å². The van der Waals surface area contributed by atoms with E-state index in [1.165, 1.54) is 0 Å². The monoisotopic (exact) mass is 410 g/mol. The molecule has 160 valence electrons. The van der Waals surface area contributed by atoms with Crippen LogP contribution in [-0.4, -0.2) is 47.6 Å². The molecular weight excluding hydrogens is 380 g/mol. The molecular formula is C23H30N4O3. The van der Waals surface area contributed by atoms with Gasteiger partial charge in [-0.25, -0.2) is 4.79 Å². The van der Waals surface area contributed by atoms with Crippen molar-refractivity contribution in [3.63, 3.8) is 0 Å². The van der Waals surface area contributed by atoms with Crippen LogP contribution in [0.1, 0.15) is 19.6 Å². The molecule has 0 aliphatic carbocycles. The second-order valence-electron chi connectivity index (χ2n) is 8.17. The van der Waals surface area contributed by atoms with Gasteiger partial charge in [0.1, 0.15) is 5.76 Å². The molecule has 0 aliphatic heterocycles. The average Bonchev–Trinajstić information content (AvgIpc) is 3.21. The van der Waals surface area contributed by atoms with Crippen molar-refractivity contribution < 1.29 is 9.21 Å². The van der Waals surface area contributed by atoms with Gasteiger partial charge in [-0.3, -0.25) is 4.79 Å². The highest BCUT2D eigenvalue weighted by atomic mass is 16.3. The van der Waals surface area contributed by atoms with Gasteiger partial charge in [0.05, 0.1) is 18.5 Å². The number of fused-ring (bicyclic) bond motifs is 1. The molecule has 0 bridgehead atoms. The molecule has 3 aromatic rings. The van der Waals surface area contributed by atoms with Gasteiger partial charge in [0.25, 0.3) is 5.56 Å². The summed E-state index contributed by atoms with van der Waals surface area (Å²) in [5.41, 5.74) is 0.586. The standard InChI is InChI=1S/C23H30N4O3/c1-17(2)14-27-16-21(19-9-5-6-10-20(19)22(27)28)24-23(29)26(12-11-25(3)4)15-18-8-7-13-30-18/h5-10,13,16-17H,11-12,14-15H2,1-4H3,(H,24,29). The lowest BCUT2D eigenvalue weighted by Crippen LogP contribution is -2.39. The zero-order valence-corrected chi connectivity index (χ0v) is 18.1. The van der Waals surface area contributed by atoms with Gasteiger partial charge in [-0.2, -0.15) is 0 Å². The summed E-state index contributed by atoms with van der Waals surface area (Å²) >= 11 is 0. The van der Waals surface area contributed by atoms with Crippen molar-refractivity contribution in [2.45, 2.75) is 26.9 Å². The Labute approximate surface area is 176 Å². The van der Waals surface area contributed by atoms with Gasteiger partial charge in [0.2, 0.25) is 0 Å². The van der Waals surface area contributed by atoms with Crippen molar-refractivity contribution in [3.8, 4) is 0 Å². The van der Waals surface area contributed by atoms with Gasteiger partial charge in [0, 0.05) is 36.6 Å². The molecule has 0 radical (unpaired) electrons. The predicted octanol–water partition coefficient (Wildman–Crippen LogP) is 3.85. The Hall–Kier alpha value is -3.06. The summed E-state index contributed by atoms with van der Waals surface area (Å²) in [5, 5.41) is 4.37. The van der Waals surface area contributed by atoms with E-state index >= 15 is 0 Å². The van der Waals surface area contributed by atoms with Gasteiger partial charge in [-0.15, -0.1) is 0 Å². The molecule has 0 unspecified atom stereocenters. The average molecular weight is 411 g/mol. The van der Waals surface area contributed by atoms with Crippen molar-refractivity contribution in [3.05, 3.63) is 65.0 Å². The van der Waals surface area contributed by atoms with Crippen LogP contribution in [0.2, 0.25) is 0 Å². The Morgan fingerprint density at radius 2 is 1.83 bits per heavy atom. The topological polar surface area (TPSA) is 70.7 Å². The van der Waals surface area contributed by atoms with E-state index in [0.717, 1.165) is 17.7 Å². The number of nitrogens with zero attached hydrogens (tertiary/aromatic N) is 3. The van der Waals surface area contributed by atoms with Gasteiger partial charge in [-0.05, 0) is 38.2 Å². The van der Waals surface area contributed by atoms with Gasteiger partial charge >= 0.3 is 6.03 Å². The van der Waals surface area contributed by atoms with E-state index < -0.39 is 0 Å². The van der Waals surface area contributed by atoms with Crippen LogP contribution < -0.4 is 10.9 Å². The maximum atomic E-state index is 13.2. The van der Waals surface area contributed by atoms with Crippen molar-refractivity contribution in [1.82, 2.24) is 14.4 Å². The maximum Gasteiger partial charge on any atom is 0.322 e. The third kappa shape index (κ3) is 5.30.